The Morgan fingerprint density at radius 3 is 2.48 bits per heavy atom. The van der Waals surface area contributed by atoms with Crippen LogP contribution in [0, 0.1) is 5.82 Å². The molecule has 4 heterocycles. The molecule has 208 valence electrons. The number of nitrogens with two attached hydrogens (primary N) is 1. The number of alkyl halides is 3. The van der Waals surface area contributed by atoms with E-state index in [0.717, 1.165) is 44.6 Å². The van der Waals surface area contributed by atoms with Crippen molar-refractivity contribution in [3.63, 3.8) is 0 Å². The summed E-state index contributed by atoms with van der Waals surface area (Å²) in [4.78, 5) is 26.7. The molecule has 0 bridgehead atoms. The molecule has 10 nitrogen and oxygen atoms in total. The first-order valence-electron chi connectivity index (χ1n) is 12.4. The van der Waals surface area contributed by atoms with Crippen LogP contribution in [-0.4, -0.2) is 48.6 Å². The van der Waals surface area contributed by atoms with Gasteiger partial charge in [0.2, 0.25) is 0 Å². The van der Waals surface area contributed by atoms with E-state index >= 15 is 4.39 Å². The van der Waals surface area contributed by atoms with E-state index in [0.29, 0.717) is 22.5 Å². The van der Waals surface area contributed by atoms with Gasteiger partial charge in [0.1, 0.15) is 11.6 Å². The first-order valence-corrected chi connectivity index (χ1v) is 12.4. The standard InChI is InChI=1S/C26H24F4N8O2/c27-19-13-16(36-24(39)17-14-35-38(22(17)26(28,29)30)25-33-8-4-9-34-25)5-6-21(19)40-20-7-10-32-23(31)18(20)15-37-11-2-1-3-12-37/h4-10,13-14H,1-3,11-12,15H2,(H2,31,32)(H,36,39). The number of nitrogens with one attached hydrogen (secondary N) is 1. The van der Waals surface area contributed by atoms with Crippen LogP contribution < -0.4 is 15.8 Å². The van der Waals surface area contributed by atoms with Crippen LogP contribution in [0.5, 0.6) is 11.5 Å². The Labute approximate surface area is 225 Å². The maximum Gasteiger partial charge on any atom is 0.434 e. The fourth-order valence-corrected chi connectivity index (χ4v) is 4.40. The third-order valence-electron chi connectivity index (χ3n) is 6.31. The summed E-state index contributed by atoms with van der Waals surface area (Å²) in [5, 5.41) is 5.93. The van der Waals surface area contributed by atoms with E-state index in [9.17, 15) is 18.0 Å². The van der Waals surface area contributed by atoms with Crippen LogP contribution in [0.4, 0.5) is 29.1 Å². The predicted octanol–water partition coefficient (Wildman–Crippen LogP) is 4.83. The van der Waals surface area contributed by atoms with Crippen molar-refractivity contribution in [2.75, 3.05) is 24.1 Å². The molecule has 0 spiro atoms. The predicted molar refractivity (Wildman–Crippen MR) is 136 cm³/mol. The number of anilines is 2. The average Bonchev–Trinajstić information content (AvgIpc) is 3.40. The van der Waals surface area contributed by atoms with Crippen molar-refractivity contribution >= 4 is 17.4 Å². The van der Waals surface area contributed by atoms with Gasteiger partial charge in [0.15, 0.2) is 17.3 Å². The summed E-state index contributed by atoms with van der Waals surface area (Å²) >= 11 is 0. The molecule has 3 N–H and O–H groups in total. The molecule has 5 rings (SSSR count). The van der Waals surface area contributed by atoms with Gasteiger partial charge in [-0.3, -0.25) is 9.69 Å². The number of nitrogen functional groups attached to an aromatic ring is 1. The van der Waals surface area contributed by atoms with E-state index in [1.165, 1.54) is 36.8 Å². The Hall–Kier alpha value is -4.59. The van der Waals surface area contributed by atoms with E-state index < -0.39 is 29.2 Å². The van der Waals surface area contributed by atoms with Crippen molar-refractivity contribution in [2.24, 2.45) is 0 Å². The van der Waals surface area contributed by atoms with Gasteiger partial charge in [0.25, 0.3) is 11.9 Å². The number of hydrogen-bond acceptors (Lipinski definition) is 8. The van der Waals surface area contributed by atoms with Crippen LogP contribution in [-0.2, 0) is 12.7 Å². The molecular weight excluding hydrogens is 532 g/mol. The molecule has 0 saturated carbocycles. The number of hydrogen-bond donors (Lipinski definition) is 2. The minimum atomic E-state index is -4.95. The smallest absolute Gasteiger partial charge is 0.434 e. The molecule has 0 aliphatic carbocycles. The van der Waals surface area contributed by atoms with Crippen molar-refractivity contribution in [3.8, 4) is 17.4 Å². The molecule has 40 heavy (non-hydrogen) atoms. The summed E-state index contributed by atoms with van der Waals surface area (Å²) in [6.07, 6.45) is 3.05. The zero-order valence-electron chi connectivity index (χ0n) is 21.0. The summed E-state index contributed by atoms with van der Waals surface area (Å²) in [5.41, 5.74) is 4.48. The molecule has 14 heteroatoms. The molecule has 1 aliphatic heterocycles. The third kappa shape index (κ3) is 5.86. The number of carbonyl (C=O) groups is 1. The van der Waals surface area contributed by atoms with Gasteiger partial charge in [0, 0.05) is 36.9 Å². The Kier molecular flexibility index (Phi) is 7.60. The van der Waals surface area contributed by atoms with Gasteiger partial charge in [-0.1, -0.05) is 6.42 Å². The number of ether oxygens (including phenoxy) is 1. The fourth-order valence-electron chi connectivity index (χ4n) is 4.40. The van der Waals surface area contributed by atoms with Gasteiger partial charge in [-0.2, -0.15) is 23.0 Å². The zero-order chi connectivity index (χ0) is 28.3. The highest BCUT2D eigenvalue weighted by Gasteiger charge is 2.41. The summed E-state index contributed by atoms with van der Waals surface area (Å²) in [5.74, 6) is -1.91. The van der Waals surface area contributed by atoms with Gasteiger partial charge in [-0.05, 0) is 50.2 Å². The monoisotopic (exact) mass is 556 g/mol. The lowest BCUT2D eigenvalue weighted by Crippen LogP contribution is -2.29. The van der Waals surface area contributed by atoms with Gasteiger partial charge >= 0.3 is 6.18 Å². The lowest BCUT2D eigenvalue weighted by molar-refractivity contribution is -0.143. The first kappa shape index (κ1) is 27.0. The highest BCUT2D eigenvalue weighted by Crippen LogP contribution is 2.35. The van der Waals surface area contributed by atoms with Gasteiger partial charge < -0.3 is 15.8 Å². The van der Waals surface area contributed by atoms with Crippen molar-refractivity contribution in [1.29, 1.82) is 0 Å². The largest absolute Gasteiger partial charge is 0.454 e. The average molecular weight is 557 g/mol. The van der Waals surface area contributed by atoms with Gasteiger partial charge in [-0.25, -0.2) is 19.3 Å². The molecule has 1 aliphatic rings. The van der Waals surface area contributed by atoms with E-state index in [1.54, 1.807) is 6.07 Å². The minimum Gasteiger partial charge on any atom is -0.454 e. The number of likely N-dealkylation sites (tertiary alicyclic amines) is 1. The number of piperidine rings is 1. The maximum atomic E-state index is 15.0. The van der Waals surface area contributed by atoms with Gasteiger partial charge in [0.05, 0.1) is 17.3 Å². The summed E-state index contributed by atoms with van der Waals surface area (Å²) in [7, 11) is 0. The number of rotatable bonds is 7. The zero-order valence-corrected chi connectivity index (χ0v) is 21.0. The Bertz CT molecular complexity index is 1500. The Balaban J connectivity index is 1.35. The lowest BCUT2D eigenvalue weighted by Gasteiger charge is -2.27. The SMILES string of the molecule is Nc1nccc(Oc2ccc(NC(=O)c3cnn(-c4ncccn4)c3C(F)(F)F)cc2F)c1CN1CCCCC1. The Morgan fingerprint density at radius 2 is 1.77 bits per heavy atom. The highest BCUT2D eigenvalue weighted by atomic mass is 19.4. The second-order valence-electron chi connectivity index (χ2n) is 9.08. The molecule has 1 aromatic carbocycles. The number of carbonyl (C=O) groups excluding carboxylic acids is 1. The summed E-state index contributed by atoms with van der Waals surface area (Å²) < 4.78 is 62.9. The molecule has 3 aromatic heterocycles. The summed E-state index contributed by atoms with van der Waals surface area (Å²) in [6.45, 7) is 2.31. The minimum absolute atomic E-state index is 0.0885. The van der Waals surface area contributed by atoms with Crippen molar-refractivity contribution in [3.05, 3.63) is 77.8 Å². The van der Waals surface area contributed by atoms with E-state index in [1.807, 2.05) is 0 Å². The number of benzene rings is 1. The quantitative estimate of drug-likeness (QED) is 0.311. The second-order valence-corrected chi connectivity index (χ2v) is 9.08. The number of amides is 1. The Morgan fingerprint density at radius 1 is 1.02 bits per heavy atom. The van der Waals surface area contributed by atoms with E-state index in [-0.39, 0.29) is 23.2 Å². The number of pyridine rings is 1. The van der Waals surface area contributed by atoms with Gasteiger partial charge in [-0.15, -0.1) is 0 Å². The molecule has 1 saturated heterocycles. The molecule has 0 radical (unpaired) electrons. The van der Waals surface area contributed by atoms with Crippen LogP contribution in [0.25, 0.3) is 5.95 Å². The lowest BCUT2D eigenvalue weighted by atomic mass is 10.1. The molecular formula is C26H24F4N8O2. The second kappa shape index (κ2) is 11.3. The van der Waals surface area contributed by atoms with Crippen molar-refractivity contribution in [1.82, 2.24) is 29.6 Å². The fraction of sp³-hybridized carbons (Fsp3) is 0.269. The first-order chi connectivity index (χ1) is 19.2. The van der Waals surface area contributed by atoms with Crippen LogP contribution >= 0.6 is 0 Å². The molecule has 0 atom stereocenters. The normalized spacial score (nSPS) is 14.2. The van der Waals surface area contributed by atoms with Crippen LogP contribution in [0.2, 0.25) is 0 Å². The molecule has 0 unspecified atom stereocenters. The molecule has 1 amide bonds. The van der Waals surface area contributed by atoms with Crippen LogP contribution in [0.3, 0.4) is 0 Å². The van der Waals surface area contributed by atoms with Crippen LogP contribution in [0.15, 0.2) is 55.1 Å². The van der Waals surface area contributed by atoms with Crippen molar-refractivity contribution < 1.29 is 27.1 Å². The van der Waals surface area contributed by atoms with Crippen LogP contribution in [0.1, 0.15) is 40.9 Å². The summed E-state index contributed by atoms with van der Waals surface area (Å²) in [6, 6.07) is 6.52. The maximum absolute atomic E-state index is 15.0. The molecule has 1 fully saturated rings. The van der Waals surface area contributed by atoms with E-state index in [4.69, 9.17) is 10.5 Å². The number of nitrogens with zero attached hydrogens (tertiary/aromatic N) is 6. The molecule has 4 aromatic rings. The van der Waals surface area contributed by atoms with E-state index in [2.05, 4.69) is 30.3 Å². The number of aromatic nitrogens is 5. The van der Waals surface area contributed by atoms with Crippen molar-refractivity contribution in [2.45, 2.75) is 32.0 Å². The topological polar surface area (TPSA) is 124 Å². The number of halogens is 4. The third-order valence-corrected chi connectivity index (χ3v) is 6.31. The highest BCUT2D eigenvalue weighted by molar-refractivity contribution is 6.05.